The number of nitrogens with one attached hydrogen (secondary N) is 1. The van der Waals surface area contributed by atoms with Crippen molar-refractivity contribution in [2.24, 2.45) is 0 Å². The molecule has 0 aliphatic carbocycles. The Morgan fingerprint density at radius 3 is 2.70 bits per heavy atom. The smallest absolute Gasteiger partial charge is 0.311 e. The molecule has 7 nitrogen and oxygen atoms in total. The van der Waals surface area contributed by atoms with Crippen molar-refractivity contribution in [1.29, 1.82) is 0 Å². The Morgan fingerprint density at radius 1 is 1.35 bits per heavy atom. The standard InChI is InChI=1S/C13H14N4O3/c1-8-3-5-11(20-2)9(7-8)15-12-6-4-10(17(18)19)13(14)16-12/h3-7H,1-2H3,(H3,14,15,16). The fourth-order valence-corrected chi connectivity index (χ4v) is 1.75. The van der Waals surface area contributed by atoms with Crippen molar-refractivity contribution < 1.29 is 9.66 Å². The van der Waals surface area contributed by atoms with Crippen LogP contribution in [-0.4, -0.2) is 17.0 Å². The van der Waals surface area contributed by atoms with Gasteiger partial charge in [0.05, 0.1) is 17.7 Å². The number of nitrogen functional groups attached to an aromatic ring is 1. The number of hydrogen-bond donors (Lipinski definition) is 2. The minimum absolute atomic E-state index is 0.133. The van der Waals surface area contributed by atoms with Gasteiger partial charge in [0.15, 0.2) is 0 Å². The van der Waals surface area contributed by atoms with Crippen LogP contribution in [0.5, 0.6) is 5.75 Å². The molecule has 1 aromatic carbocycles. The molecule has 0 saturated carbocycles. The summed E-state index contributed by atoms with van der Waals surface area (Å²) in [5.74, 6) is 0.929. The fourth-order valence-electron chi connectivity index (χ4n) is 1.75. The number of aryl methyl sites for hydroxylation is 1. The van der Waals surface area contributed by atoms with Gasteiger partial charge in [-0.05, 0) is 30.7 Å². The molecule has 7 heteroatoms. The van der Waals surface area contributed by atoms with Crippen molar-refractivity contribution in [3.8, 4) is 5.75 Å². The predicted octanol–water partition coefficient (Wildman–Crippen LogP) is 2.63. The van der Waals surface area contributed by atoms with Crippen LogP contribution in [0.2, 0.25) is 0 Å². The molecule has 1 aromatic heterocycles. The number of methoxy groups -OCH3 is 1. The molecule has 0 atom stereocenters. The van der Waals surface area contributed by atoms with E-state index in [1.165, 1.54) is 12.1 Å². The Bertz CT molecular complexity index is 658. The molecule has 0 unspecified atom stereocenters. The highest BCUT2D eigenvalue weighted by Crippen LogP contribution is 2.29. The SMILES string of the molecule is COc1ccc(C)cc1Nc1ccc([N+](=O)[O-])c(N)n1. The molecule has 0 aliphatic rings. The Kier molecular flexibility index (Phi) is 3.69. The third-order valence-corrected chi connectivity index (χ3v) is 2.72. The van der Waals surface area contributed by atoms with E-state index in [0.717, 1.165) is 5.56 Å². The molecular weight excluding hydrogens is 260 g/mol. The molecule has 3 N–H and O–H groups in total. The summed E-state index contributed by atoms with van der Waals surface area (Å²) in [7, 11) is 1.56. The molecule has 20 heavy (non-hydrogen) atoms. The number of aromatic nitrogens is 1. The van der Waals surface area contributed by atoms with Crippen LogP contribution in [0.1, 0.15) is 5.56 Å². The maximum absolute atomic E-state index is 10.7. The summed E-state index contributed by atoms with van der Waals surface area (Å²) in [6.45, 7) is 1.95. The maximum Gasteiger partial charge on any atom is 0.311 e. The van der Waals surface area contributed by atoms with Gasteiger partial charge in [-0.25, -0.2) is 4.98 Å². The van der Waals surface area contributed by atoms with Crippen LogP contribution < -0.4 is 15.8 Å². The van der Waals surface area contributed by atoms with E-state index >= 15 is 0 Å². The number of ether oxygens (including phenoxy) is 1. The second kappa shape index (κ2) is 5.43. The summed E-state index contributed by atoms with van der Waals surface area (Å²) < 4.78 is 5.23. The van der Waals surface area contributed by atoms with Gasteiger partial charge in [0, 0.05) is 6.07 Å². The lowest BCUT2D eigenvalue weighted by Crippen LogP contribution is -2.02. The Hall–Kier alpha value is -2.83. The number of nitro groups is 1. The number of benzene rings is 1. The highest BCUT2D eigenvalue weighted by Gasteiger charge is 2.13. The number of nitrogens with zero attached hydrogens (tertiary/aromatic N) is 2. The quantitative estimate of drug-likeness (QED) is 0.656. The summed E-state index contributed by atoms with van der Waals surface area (Å²) in [6.07, 6.45) is 0. The Balaban J connectivity index is 2.33. The van der Waals surface area contributed by atoms with Crippen LogP contribution in [0.4, 0.5) is 23.0 Å². The third-order valence-electron chi connectivity index (χ3n) is 2.72. The second-order valence-electron chi connectivity index (χ2n) is 4.19. The van der Waals surface area contributed by atoms with Crippen LogP contribution in [0.25, 0.3) is 0 Å². The molecular formula is C13H14N4O3. The topological polar surface area (TPSA) is 103 Å². The van der Waals surface area contributed by atoms with E-state index in [9.17, 15) is 10.1 Å². The van der Waals surface area contributed by atoms with E-state index in [4.69, 9.17) is 10.5 Å². The summed E-state index contributed by atoms with van der Waals surface area (Å²) in [5.41, 5.74) is 7.10. The molecule has 0 spiro atoms. The first-order valence-corrected chi connectivity index (χ1v) is 5.84. The zero-order valence-corrected chi connectivity index (χ0v) is 11.1. The van der Waals surface area contributed by atoms with Crippen LogP contribution in [0, 0.1) is 17.0 Å². The van der Waals surface area contributed by atoms with Crippen LogP contribution in [0.3, 0.4) is 0 Å². The first-order chi connectivity index (χ1) is 9.51. The van der Waals surface area contributed by atoms with Gasteiger partial charge in [0.2, 0.25) is 5.82 Å². The highest BCUT2D eigenvalue weighted by molar-refractivity contribution is 5.67. The number of nitrogens with two attached hydrogens (primary N) is 1. The van der Waals surface area contributed by atoms with Gasteiger partial charge in [-0.2, -0.15) is 0 Å². The Labute approximate surface area is 115 Å². The molecule has 0 fully saturated rings. The predicted molar refractivity (Wildman–Crippen MR) is 76.3 cm³/mol. The van der Waals surface area contributed by atoms with E-state index in [2.05, 4.69) is 10.3 Å². The van der Waals surface area contributed by atoms with E-state index in [1.807, 2.05) is 25.1 Å². The molecule has 2 rings (SSSR count). The Morgan fingerprint density at radius 2 is 2.10 bits per heavy atom. The number of hydrogen-bond acceptors (Lipinski definition) is 6. The van der Waals surface area contributed by atoms with Gasteiger partial charge in [-0.15, -0.1) is 0 Å². The van der Waals surface area contributed by atoms with Crippen molar-refractivity contribution in [2.45, 2.75) is 6.92 Å². The number of rotatable bonds is 4. The summed E-state index contributed by atoms with van der Waals surface area (Å²) in [4.78, 5) is 14.1. The van der Waals surface area contributed by atoms with Gasteiger partial charge in [0.25, 0.3) is 0 Å². The third kappa shape index (κ3) is 2.77. The van der Waals surface area contributed by atoms with Gasteiger partial charge in [0.1, 0.15) is 11.6 Å². The average Bonchev–Trinajstić information content (AvgIpc) is 2.38. The minimum atomic E-state index is -0.570. The monoisotopic (exact) mass is 274 g/mol. The van der Waals surface area contributed by atoms with Crippen molar-refractivity contribution in [3.63, 3.8) is 0 Å². The molecule has 0 amide bonds. The van der Waals surface area contributed by atoms with Crippen LogP contribution in [-0.2, 0) is 0 Å². The molecule has 0 saturated heterocycles. The molecule has 104 valence electrons. The molecule has 0 radical (unpaired) electrons. The van der Waals surface area contributed by atoms with Crippen molar-refractivity contribution in [1.82, 2.24) is 4.98 Å². The fraction of sp³-hybridized carbons (Fsp3) is 0.154. The second-order valence-corrected chi connectivity index (χ2v) is 4.19. The lowest BCUT2D eigenvalue weighted by molar-refractivity contribution is -0.384. The van der Waals surface area contributed by atoms with E-state index < -0.39 is 4.92 Å². The summed E-state index contributed by atoms with van der Waals surface area (Å²) >= 11 is 0. The van der Waals surface area contributed by atoms with E-state index in [0.29, 0.717) is 17.3 Å². The van der Waals surface area contributed by atoms with Gasteiger partial charge < -0.3 is 15.8 Å². The lowest BCUT2D eigenvalue weighted by Gasteiger charge is -2.11. The first-order valence-electron chi connectivity index (χ1n) is 5.84. The average molecular weight is 274 g/mol. The van der Waals surface area contributed by atoms with Gasteiger partial charge in [-0.3, -0.25) is 10.1 Å². The zero-order chi connectivity index (χ0) is 14.7. The molecule has 2 aromatic rings. The summed E-state index contributed by atoms with van der Waals surface area (Å²) in [6, 6.07) is 8.44. The van der Waals surface area contributed by atoms with E-state index in [1.54, 1.807) is 7.11 Å². The highest BCUT2D eigenvalue weighted by atomic mass is 16.6. The lowest BCUT2D eigenvalue weighted by atomic mass is 10.2. The number of anilines is 3. The number of pyridine rings is 1. The molecule has 0 aliphatic heterocycles. The first kappa shape index (κ1) is 13.6. The van der Waals surface area contributed by atoms with Crippen molar-refractivity contribution >= 4 is 23.0 Å². The van der Waals surface area contributed by atoms with Crippen LogP contribution >= 0.6 is 0 Å². The zero-order valence-electron chi connectivity index (χ0n) is 11.1. The maximum atomic E-state index is 10.7. The minimum Gasteiger partial charge on any atom is -0.495 e. The summed E-state index contributed by atoms with van der Waals surface area (Å²) in [5, 5.41) is 13.7. The normalized spacial score (nSPS) is 10.1. The van der Waals surface area contributed by atoms with Gasteiger partial charge in [-0.1, -0.05) is 6.07 Å². The largest absolute Gasteiger partial charge is 0.495 e. The van der Waals surface area contributed by atoms with Gasteiger partial charge >= 0.3 is 5.69 Å². The molecule has 1 heterocycles. The van der Waals surface area contributed by atoms with Crippen LogP contribution in [0.15, 0.2) is 30.3 Å². The van der Waals surface area contributed by atoms with E-state index in [-0.39, 0.29) is 11.5 Å². The van der Waals surface area contributed by atoms with Crippen molar-refractivity contribution in [2.75, 3.05) is 18.2 Å². The van der Waals surface area contributed by atoms with Crippen molar-refractivity contribution in [3.05, 3.63) is 46.0 Å². The molecule has 0 bridgehead atoms.